The van der Waals surface area contributed by atoms with Crippen LogP contribution in [0.5, 0.6) is 5.75 Å². The minimum absolute atomic E-state index is 0.111. The second kappa shape index (κ2) is 7.06. The molecule has 0 saturated heterocycles. The molecule has 0 unspecified atom stereocenters. The Morgan fingerprint density at radius 1 is 0.839 bits per heavy atom. The van der Waals surface area contributed by atoms with Gasteiger partial charge in [-0.25, -0.2) is 9.97 Å². The SMILES string of the molecule is COc1ccc(-c2nc(C3=C(c4ncc(C)s4)C(F)(F)C(F)(F)C3(F)F)c(C)s2)cc1. The Morgan fingerprint density at radius 3 is 2.00 bits per heavy atom. The molecule has 0 fully saturated rings. The van der Waals surface area contributed by atoms with E-state index in [0.717, 1.165) is 11.3 Å². The van der Waals surface area contributed by atoms with Crippen molar-refractivity contribution in [2.75, 3.05) is 7.11 Å². The van der Waals surface area contributed by atoms with Gasteiger partial charge < -0.3 is 4.74 Å². The second-order valence-corrected chi connectivity index (χ2v) is 9.34. The molecule has 3 aromatic rings. The lowest BCUT2D eigenvalue weighted by molar-refractivity contribution is -0.254. The molecule has 164 valence electrons. The summed E-state index contributed by atoms with van der Waals surface area (Å²) >= 11 is 1.59. The normalized spacial score (nSPS) is 19.1. The summed E-state index contributed by atoms with van der Waals surface area (Å²) in [5.41, 5.74) is -3.03. The van der Waals surface area contributed by atoms with E-state index >= 15 is 0 Å². The first-order valence-corrected chi connectivity index (χ1v) is 10.5. The van der Waals surface area contributed by atoms with Gasteiger partial charge in [0.25, 0.3) is 0 Å². The standard InChI is InChI=1S/C20H14F6N2OS2/c1-9-8-27-17(30-9)14-13(18(21,22)20(25,26)19(14,23)24)15-10(2)31-16(28-15)11-4-6-12(29-3)7-5-11/h4-8H,1-3H3. The van der Waals surface area contributed by atoms with E-state index in [1.165, 1.54) is 27.2 Å². The summed E-state index contributed by atoms with van der Waals surface area (Å²) in [7, 11) is 1.47. The maximum Gasteiger partial charge on any atom is 0.380 e. The summed E-state index contributed by atoms with van der Waals surface area (Å²) < 4.78 is 92.8. The number of benzene rings is 1. The highest BCUT2D eigenvalue weighted by atomic mass is 32.1. The Bertz CT molecular complexity index is 1180. The van der Waals surface area contributed by atoms with Crippen molar-refractivity contribution in [1.29, 1.82) is 0 Å². The molecule has 0 atom stereocenters. The van der Waals surface area contributed by atoms with Gasteiger partial charge in [0.1, 0.15) is 15.8 Å². The van der Waals surface area contributed by atoms with Crippen LogP contribution in [0.4, 0.5) is 26.3 Å². The number of hydrogen-bond donors (Lipinski definition) is 0. The average Bonchev–Trinajstić information content (AvgIpc) is 3.32. The fourth-order valence-electron chi connectivity index (χ4n) is 3.29. The fraction of sp³-hybridized carbons (Fsp3) is 0.300. The number of thiazole rings is 2. The van der Waals surface area contributed by atoms with E-state index in [4.69, 9.17) is 4.74 Å². The molecule has 3 nitrogen and oxygen atoms in total. The number of rotatable bonds is 4. The van der Waals surface area contributed by atoms with E-state index in [1.54, 1.807) is 24.3 Å². The number of aromatic nitrogens is 2. The fourth-order valence-corrected chi connectivity index (χ4v) is 5.06. The second-order valence-electron chi connectivity index (χ2n) is 6.90. The van der Waals surface area contributed by atoms with Gasteiger partial charge in [-0.2, -0.15) is 26.3 Å². The highest BCUT2D eigenvalue weighted by Crippen LogP contribution is 2.65. The van der Waals surface area contributed by atoms with Crippen LogP contribution >= 0.6 is 22.7 Å². The monoisotopic (exact) mass is 476 g/mol. The van der Waals surface area contributed by atoms with Crippen LogP contribution in [0.2, 0.25) is 0 Å². The van der Waals surface area contributed by atoms with Gasteiger partial charge in [-0.1, -0.05) is 0 Å². The molecule has 1 aliphatic carbocycles. The maximum absolute atomic E-state index is 14.8. The third-order valence-corrected chi connectivity index (χ3v) is 6.82. The summed E-state index contributed by atoms with van der Waals surface area (Å²) in [4.78, 5) is 8.30. The highest BCUT2D eigenvalue weighted by Gasteiger charge is 2.81. The Morgan fingerprint density at radius 2 is 1.45 bits per heavy atom. The van der Waals surface area contributed by atoms with Gasteiger partial charge in [-0.15, -0.1) is 22.7 Å². The van der Waals surface area contributed by atoms with Crippen LogP contribution in [0.15, 0.2) is 30.5 Å². The first-order valence-electron chi connectivity index (χ1n) is 8.85. The molecule has 4 rings (SSSR count). The summed E-state index contributed by atoms with van der Waals surface area (Å²) in [6.45, 7) is 2.89. The molecule has 2 heterocycles. The Balaban J connectivity index is 1.96. The molecule has 0 bridgehead atoms. The van der Waals surface area contributed by atoms with E-state index in [9.17, 15) is 26.3 Å². The number of halogens is 6. The zero-order chi connectivity index (χ0) is 22.8. The van der Waals surface area contributed by atoms with E-state index in [-0.39, 0.29) is 9.88 Å². The van der Waals surface area contributed by atoms with Crippen molar-refractivity contribution in [3.05, 3.63) is 50.9 Å². The van der Waals surface area contributed by atoms with E-state index in [2.05, 4.69) is 9.97 Å². The van der Waals surface area contributed by atoms with Crippen molar-refractivity contribution >= 4 is 33.8 Å². The molecule has 0 saturated carbocycles. The van der Waals surface area contributed by atoms with Crippen molar-refractivity contribution in [1.82, 2.24) is 9.97 Å². The lowest BCUT2D eigenvalue weighted by Gasteiger charge is -2.25. The predicted molar refractivity (Wildman–Crippen MR) is 107 cm³/mol. The first-order chi connectivity index (χ1) is 14.4. The zero-order valence-corrected chi connectivity index (χ0v) is 17.9. The summed E-state index contributed by atoms with van der Waals surface area (Å²) in [6.07, 6.45) is 1.17. The van der Waals surface area contributed by atoms with Gasteiger partial charge in [-0.3, -0.25) is 0 Å². The Kier molecular flexibility index (Phi) is 4.97. The zero-order valence-electron chi connectivity index (χ0n) is 16.3. The van der Waals surface area contributed by atoms with Crippen molar-refractivity contribution in [3.63, 3.8) is 0 Å². The predicted octanol–water partition coefficient (Wildman–Crippen LogP) is 6.72. The minimum Gasteiger partial charge on any atom is -0.497 e. The molecule has 1 aliphatic rings. The molecule has 0 N–H and O–H groups in total. The molecule has 31 heavy (non-hydrogen) atoms. The van der Waals surface area contributed by atoms with Crippen LogP contribution in [0.25, 0.3) is 21.7 Å². The molecule has 2 aromatic heterocycles. The van der Waals surface area contributed by atoms with Gasteiger partial charge in [0.15, 0.2) is 0 Å². The number of alkyl halides is 6. The minimum atomic E-state index is -5.62. The van der Waals surface area contributed by atoms with Crippen LogP contribution in [0.1, 0.15) is 20.5 Å². The Labute approximate surface area is 181 Å². The average molecular weight is 476 g/mol. The smallest absolute Gasteiger partial charge is 0.380 e. The van der Waals surface area contributed by atoms with Gasteiger partial charge in [0.05, 0.1) is 23.9 Å². The third-order valence-electron chi connectivity index (χ3n) is 4.87. The van der Waals surface area contributed by atoms with Crippen LogP contribution in [0, 0.1) is 13.8 Å². The molecule has 0 aliphatic heterocycles. The number of nitrogens with zero attached hydrogens (tertiary/aromatic N) is 2. The third kappa shape index (κ3) is 3.08. The van der Waals surface area contributed by atoms with Crippen LogP contribution in [0.3, 0.4) is 0 Å². The lowest BCUT2D eigenvalue weighted by atomic mass is 10.0. The molecule has 0 spiro atoms. The Hall–Kier alpha value is -2.40. The molecule has 1 aromatic carbocycles. The van der Waals surface area contributed by atoms with E-state index in [0.29, 0.717) is 27.5 Å². The summed E-state index contributed by atoms with van der Waals surface area (Å²) in [5, 5.41) is -0.348. The summed E-state index contributed by atoms with van der Waals surface area (Å²) in [5.74, 6) is -15.3. The molecule has 0 amide bonds. The van der Waals surface area contributed by atoms with Crippen molar-refractivity contribution in [2.24, 2.45) is 0 Å². The maximum atomic E-state index is 14.8. The van der Waals surface area contributed by atoms with Crippen LogP contribution in [-0.2, 0) is 0 Å². The topological polar surface area (TPSA) is 35.0 Å². The molecule has 11 heteroatoms. The number of methoxy groups -OCH3 is 1. The van der Waals surface area contributed by atoms with Crippen LogP contribution in [-0.4, -0.2) is 34.8 Å². The van der Waals surface area contributed by atoms with E-state index < -0.39 is 39.6 Å². The van der Waals surface area contributed by atoms with Gasteiger partial charge in [0.2, 0.25) is 0 Å². The number of ether oxygens (including phenoxy) is 1. The molecular formula is C20H14F6N2OS2. The number of allylic oxidation sites excluding steroid dienone is 2. The summed E-state index contributed by atoms with van der Waals surface area (Å²) in [6, 6.07) is 6.44. The molecular weight excluding hydrogens is 462 g/mol. The quantitative estimate of drug-likeness (QED) is 0.392. The van der Waals surface area contributed by atoms with Crippen molar-refractivity contribution < 1.29 is 31.1 Å². The number of aryl methyl sites for hydroxylation is 2. The van der Waals surface area contributed by atoms with Gasteiger partial charge in [-0.05, 0) is 38.1 Å². The highest BCUT2D eigenvalue weighted by molar-refractivity contribution is 7.15. The molecule has 0 radical (unpaired) electrons. The van der Waals surface area contributed by atoms with Crippen LogP contribution < -0.4 is 4.74 Å². The van der Waals surface area contributed by atoms with Gasteiger partial charge >= 0.3 is 17.8 Å². The lowest BCUT2D eigenvalue weighted by Crippen LogP contribution is -2.49. The van der Waals surface area contributed by atoms with E-state index in [1.807, 2.05) is 0 Å². The van der Waals surface area contributed by atoms with Crippen molar-refractivity contribution in [2.45, 2.75) is 31.6 Å². The number of hydrogen-bond acceptors (Lipinski definition) is 5. The van der Waals surface area contributed by atoms with Crippen molar-refractivity contribution in [3.8, 4) is 16.3 Å². The first kappa shape index (κ1) is 21.8. The largest absolute Gasteiger partial charge is 0.497 e. The van der Waals surface area contributed by atoms with Gasteiger partial charge in [0, 0.05) is 21.5 Å².